The molecule has 102 valence electrons. The van der Waals surface area contributed by atoms with E-state index < -0.39 is 15.4 Å². The van der Waals surface area contributed by atoms with Crippen molar-refractivity contribution in [3.63, 3.8) is 0 Å². The number of aliphatic hydroxyl groups excluding tert-OH is 1. The fourth-order valence-corrected chi connectivity index (χ4v) is 3.19. The summed E-state index contributed by atoms with van der Waals surface area (Å²) in [5.74, 6) is 0.580. The summed E-state index contributed by atoms with van der Waals surface area (Å²) in [5.41, 5.74) is 5.35. The highest BCUT2D eigenvalue weighted by Gasteiger charge is 2.21. The van der Waals surface area contributed by atoms with Crippen LogP contribution < -0.4 is 5.73 Å². The zero-order valence-corrected chi connectivity index (χ0v) is 11.4. The van der Waals surface area contributed by atoms with E-state index in [1.54, 1.807) is 0 Å². The molecule has 0 aromatic heterocycles. The molecule has 6 heteroatoms. The van der Waals surface area contributed by atoms with E-state index in [2.05, 4.69) is 4.90 Å². The summed E-state index contributed by atoms with van der Waals surface area (Å²) in [4.78, 5) is 2.19. The highest BCUT2D eigenvalue weighted by molar-refractivity contribution is 7.91. The van der Waals surface area contributed by atoms with Crippen LogP contribution in [0.1, 0.15) is 26.2 Å². The van der Waals surface area contributed by atoms with Gasteiger partial charge in [-0.1, -0.05) is 6.42 Å². The van der Waals surface area contributed by atoms with Crippen LogP contribution in [0.5, 0.6) is 0 Å². The van der Waals surface area contributed by atoms with Crippen LogP contribution in [-0.4, -0.2) is 61.7 Å². The second-order valence-corrected chi connectivity index (χ2v) is 7.57. The van der Waals surface area contributed by atoms with Gasteiger partial charge >= 0.3 is 0 Å². The number of hydrogen-bond acceptors (Lipinski definition) is 5. The van der Waals surface area contributed by atoms with Crippen LogP contribution in [0.15, 0.2) is 0 Å². The first-order valence-electron chi connectivity index (χ1n) is 6.17. The summed E-state index contributed by atoms with van der Waals surface area (Å²) >= 11 is 0. The van der Waals surface area contributed by atoms with Gasteiger partial charge in [0.25, 0.3) is 0 Å². The van der Waals surface area contributed by atoms with E-state index in [4.69, 9.17) is 10.8 Å². The highest BCUT2D eigenvalue weighted by Crippen LogP contribution is 2.11. The largest absolute Gasteiger partial charge is 0.394 e. The molecule has 0 bridgehead atoms. The number of rotatable bonds is 6. The van der Waals surface area contributed by atoms with Crippen LogP contribution in [0.25, 0.3) is 0 Å². The van der Waals surface area contributed by atoms with Crippen LogP contribution in [-0.2, 0) is 9.84 Å². The normalized spacial score (nSPS) is 24.4. The number of hydrogen-bond donors (Lipinski definition) is 2. The molecular weight excluding hydrogens is 240 g/mol. The van der Waals surface area contributed by atoms with E-state index in [-0.39, 0.29) is 18.1 Å². The molecular formula is C11H24N2O3S. The lowest BCUT2D eigenvalue weighted by Gasteiger charge is -2.27. The second kappa shape index (κ2) is 6.13. The summed E-state index contributed by atoms with van der Waals surface area (Å²) in [6, 6.07) is 0. The van der Waals surface area contributed by atoms with Crippen molar-refractivity contribution in [1.82, 2.24) is 4.90 Å². The molecule has 1 atom stereocenters. The number of unbranched alkanes of at least 4 members (excludes halogenated alkanes) is 1. The van der Waals surface area contributed by atoms with Crippen LogP contribution >= 0.6 is 0 Å². The average molecular weight is 264 g/mol. The van der Waals surface area contributed by atoms with Crippen molar-refractivity contribution in [2.45, 2.75) is 31.7 Å². The summed E-state index contributed by atoms with van der Waals surface area (Å²) in [6.07, 6.45) is 2.78. The molecule has 0 aliphatic carbocycles. The number of nitrogens with two attached hydrogens (primary N) is 1. The van der Waals surface area contributed by atoms with Crippen LogP contribution in [0, 0.1) is 0 Å². The van der Waals surface area contributed by atoms with Gasteiger partial charge < -0.3 is 15.7 Å². The molecule has 1 unspecified atom stereocenters. The van der Waals surface area contributed by atoms with E-state index in [1.807, 2.05) is 6.92 Å². The third-order valence-electron chi connectivity index (χ3n) is 3.27. The maximum atomic E-state index is 11.2. The maximum Gasteiger partial charge on any atom is 0.152 e. The van der Waals surface area contributed by atoms with Crippen molar-refractivity contribution in [2.24, 2.45) is 5.73 Å². The Hall–Kier alpha value is -0.170. The van der Waals surface area contributed by atoms with Gasteiger partial charge in [-0.05, 0) is 26.3 Å². The van der Waals surface area contributed by atoms with Crippen molar-refractivity contribution < 1.29 is 13.5 Å². The van der Waals surface area contributed by atoms with Gasteiger partial charge in [0.15, 0.2) is 9.84 Å². The van der Waals surface area contributed by atoms with Crippen molar-refractivity contribution in [3.8, 4) is 0 Å². The molecule has 17 heavy (non-hydrogen) atoms. The highest BCUT2D eigenvalue weighted by atomic mass is 32.2. The SMILES string of the molecule is CC(N)(CO)CCCCN1CCS(=O)(=O)CC1. The summed E-state index contributed by atoms with van der Waals surface area (Å²) < 4.78 is 22.5. The Bertz CT molecular complexity index is 314. The van der Waals surface area contributed by atoms with E-state index in [0.29, 0.717) is 13.1 Å². The second-order valence-electron chi connectivity index (χ2n) is 5.26. The summed E-state index contributed by atoms with van der Waals surface area (Å²) in [5, 5.41) is 9.00. The van der Waals surface area contributed by atoms with Crippen molar-refractivity contribution in [2.75, 3.05) is 37.7 Å². The molecule has 1 aliphatic heterocycles. The topological polar surface area (TPSA) is 83.6 Å². The van der Waals surface area contributed by atoms with Crippen molar-refractivity contribution in [3.05, 3.63) is 0 Å². The van der Waals surface area contributed by atoms with E-state index in [9.17, 15) is 8.42 Å². The van der Waals surface area contributed by atoms with Gasteiger partial charge in [0, 0.05) is 18.6 Å². The third-order valence-corrected chi connectivity index (χ3v) is 4.88. The maximum absolute atomic E-state index is 11.2. The molecule has 1 saturated heterocycles. The zero-order valence-electron chi connectivity index (χ0n) is 10.6. The predicted molar refractivity (Wildman–Crippen MR) is 68.6 cm³/mol. The quantitative estimate of drug-likeness (QED) is 0.638. The van der Waals surface area contributed by atoms with Crippen LogP contribution in [0.2, 0.25) is 0 Å². The van der Waals surface area contributed by atoms with Gasteiger partial charge in [0.2, 0.25) is 0 Å². The Kier molecular flexibility index (Phi) is 5.37. The van der Waals surface area contributed by atoms with Crippen LogP contribution in [0.3, 0.4) is 0 Å². The Labute approximate surface area is 104 Å². The molecule has 3 N–H and O–H groups in total. The fraction of sp³-hybridized carbons (Fsp3) is 1.00. The minimum absolute atomic E-state index is 0.00889. The molecule has 0 spiro atoms. The molecule has 5 nitrogen and oxygen atoms in total. The Morgan fingerprint density at radius 2 is 1.88 bits per heavy atom. The van der Waals surface area contributed by atoms with E-state index >= 15 is 0 Å². The molecule has 1 fully saturated rings. The van der Waals surface area contributed by atoms with Gasteiger partial charge in [0.05, 0.1) is 18.1 Å². The molecule has 0 aromatic rings. The molecule has 0 aromatic carbocycles. The van der Waals surface area contributed by atoms with Gasteiger partial charge in [0.1, 0.15) is 0 Å². The lowest BCUT2D eigenvalue weighted by Crippen LogP contribution is -2.41. The van der Waals surface area contributed by atoms with Crippen LogP contribution in [0.4, 0.5) is 0 Å². The van der Waals surface area contributed by atoms with Gasteiger partial charge in [-0.25, -0.2) is 8.42 Å². The van der Waals surface area contributed by atoms with Crippen molar-refractivity contribution in [1.29, 1.82) is 0 Å². The molecule has 0 radical (unpaired) electrons. The molecule has 0 amide bonds. The fourth-order valence-electron chi connectivity index (χ4n) is 1.92. The molecule has 1 rings (SSSR count). The zero-order chi connectivity index (χ0) is 12.9. The van der Waals surface area contributed by atoms with E-state index in [1.165, 1.54) is 0 Å². The first kappa shape index (κ1) is 14.9. The van der Waals surface area contributed by atoms with Gasteiger partial charge in [-0.15, -0.1) is 0 Å². The lowest BCUT2D eigenvalue weighted by molar-refractivity contribution is 0.194. The minimum atomic E-state index is -2.77. The third kappa shape index (κ3) is 5.81. The summed E-state index contributed by atoms with van der Waals surface area (Å²) in [7, 11) is -2.77. The first-order chi connectivity index (χ1) is 7.85. The predicted octanol–water partition coefficient (Wildman–Crippen LogP) is -0.403. The van der Waals surface area contributed by atoms with Crippen molar-refractivity contribution >= 4 is 9.84 Å². The first-order valence-corrected chi connectivity index (χ1v) is 7.99. The Morgan fingerprint density at radius 3 is 2.41 bits per heavy atom. The number of aliphatic hydroxyl groups is 1. The minimum Gasteiger partial charge on any atom is -0.394 e. The Balaban J connectivity index is 2.12. The van der Waals surface area contributed by atoms with E-state index in [0.717, 1.165) is 25.8 Å². The Morgan fingerprint density at radius 1 is 1.29 bits per heavy atom. The smallest absolute Gasteiger partial charge is 0.152 e. The molecule has 1 aliphatic rings. The monoisotopic (exact) mass is 264 g/mol. The summed E-state index contributed by atoms with van der Waals surface area (Å²) in [6.45, 7) is 4.09. The number of nitrogens with zero attached hydrogens (tertiary/aromatic N) is 1. The molecule has 1 heterocycles. The number of sulfone groups is 1. The van der Waals surface area contributed by atoms with Gasteiger partial charge in [-0.3, -0.25) is 0 Å². The standard InChI is InChI=1S/C11H24N2O3S/c1-11(12,10-14)4-2-3-5-13-6-8-17(15,16)9-7-13/h14H,2-10,12H2,1H3. The molecule has 0 saturated carbocycles. The van der Waals surface area contributed by atoms with Gasteiger partial charge in [-0.2, -0.15) is 0 Å². The average Bonchev–Trinajstić information content (AvgIpc) is 2.26. The lowest BCUT2D eigenvalue weighted by atomic mass is 9.97.